The van der Waals surface area contributed by atoms with Gasteiger partial charge in [-0.15, -0.1) is 0 Å². The quantitative estimate of drug-likeness (QED) is 0.844. The standard InChI is InChI=1S/C12H11ClN4O/c1-7-6-8(2)15-12(14-7)17-11(18)9-4-3-5-10(13)16-9/h3-6H,1-2H3,(H,14,15,17,18). The minimum Gasteiger partial charge on any atom is -0.289 e. The molecule has 2 heterocycles. The molecular weight excluding hydrogens is 252 g/mol. The molecule has 1 amide bonds. The summed E-state index contributed by atoms with van der Waals surface area (Å²) >= 11 is 5.72. The van der Waals surface area contributed by atoms with E-state index in [1.54, 1.807) is 18.2 Å². The van der Waals surface area contributed by atoms with Crippen LogP contribution in [-0.4, -0.2) is 20.9 Å². The molecule has 5 nitrogen and oxygen atoms in total. The minimum atomic E-state index is -0.387. The van der Waals surface area contributed by atoms with Crippen LogP contribution in [0.25, 0.3) is 0 Å². The molecule has 0 saturated carbocycles. The lowest BCUT2D eigenvalue weighted by molar-refractivity contribution is 0.102. The highest BCUT2D eigenvalue weighted by molar-refractivity contribution is 6.29. The van der Waals surface area contributed by atoms with E-state index in [0.717, 1.165) is 11.4 Å². The summed E-state index contributed by atoms with van der Waals surface area (Å²) < 4.78 is 0. The van der Waals surface area contributed by atoms with E-state index in [2.05, 4.69) is 20.3 Å². The minimum absolute atomic E-state index is 0.227. The third-order valence-corrected chi connectivity index (χ3v) is 2.37. The Bertz CT molecular complexity index is 580. The van der Waals surface area contributed by atoms with E-state index in [1.165, 1.54) is 0 Å². The maximum Gasteiger partial charge on any atom is 0.276 e. The highest BCUT2D eigenvalue weighted by Gasteiger charge is 2.10. The number of carbonyl (C=O) groups excluding carboxylic acids is 1. The summed E-state index contributed by atoms with van der Waals surface area (Å²) in [6.45, 7) is 3.67. The summed E-state index contributed by atoms with van der Waals surface area (Å²) in [5, 5.41) is 2.85. The van der Waals surface area contributed by atoms with Crippen LogP contribution in [0.2, 0.25) is 5.15 Å². The number of carbonyl (C=O) groups is 1. The second kappa shape index (κ2) is 5.10. The molecule has 18 heavy (non-hydrogen) atoms. The summed E-state index contributed by atoms with van der Waals surface area (Å²) in [6, 6.07) is 6.66. The number of rotatable bonds is 2. The molecule has 92 valence electrons. The Labute approximate surface area is 109 Å². The van der Waals surface area contributed by atoms with E-state index >= 15 is 0 Å². The van der Waals surface area contributed by atoms with Gasteiger partial charge in [-0.3, -0.25) is 10.1 Å². The Morgan fingerprint density at radius 2 is 1.83 bits per heavy atom. The molecule has 2 rings (SSSR count). The van der Waals surface area contributed by atoms with Gasteiger partial charge in [-0.2, -0.15) is 0 Å². The van der Waals surface area contributed by atoms with Gasteiger partial charge in [0.2, 0.25) is 5.95 Å². The molecule has 0 fully saturated rings. The van der Waals surface area contributed by atoms with Gasteiger partial charge < -0.3 is 0 Å². The van der Waals surface area contributed by atoms with Crippen molar-refractivity contribution in [1.29, 1.82) is 0 Å². The SMILES string of the molecule is Cc1cc(C)nc(NC(=O)c2cccc(Cl)n2)n1. The maximum atomic E-state index is 11.9. The molecular formula is C12H11ClN4O. The van der Waals surface area contributed by atoms with Crippen molar-refractivity contribution in [2.24, 2.45) is 0 Å². The highest BCUT2D eigenvalue weighted by Crippen LogP contribution is 2.08. The lowest BCUT2D eigenvalue weighted by Gasteiger charge is -2.05. The van der Waals surface area contributed by atoms with E-state index < -0.39 is 0 Å². The van der Waals surface area contributed by atoms with E-state index in [4.69, 9.17) is 11.6 Å². The van der Waals surface area contributed by atoms with Crippen molar-refractivity contribution in [3.63, 3.8) is 0 Å². The molecule has 0 saturated heterocycles. The van der Waals surface area contributed by atoms with Gasteiger partial charge in [0.15, 0.2) is 0 Å². The van der Waals surface area contributed by atoms with E-state index in [1.807, 2.05) is 19.9 Å². The lowest BCUT2D eigenvalue weighted by atomic mass is 10.3. The summed E-state index contributed by atoms with van der Waals surface area (Å²) in [5.41, 5.74) is 1.80. The number of hydrogen-bond donors (Lipinski definition) is 1. The molecule has 0 radical (unpaired) electrons. The zero-order valence-electron chi connectivity index (χ0n) is 9.94. The van der Waals surface area contributed by atoms with Crippen LogP contribution in [0.3, 0.4) is 0 Å². The first-order valence-electron chi connectivity index (χ1n) is 5.31. The number of halogens is 1. The molecule has 0 aliphatic carbocycles. The van der Waals surface area contributed by atoms with Gasteiger partial charge in [-0.1, -0.05) is 17.7 Å². The molecule has 0 bridgehead atoms. The fourth-order valence-corrected chi connectivity index (χ4v) is 1.65. The number of anilines is 1. The summed E-state index contributed by atoms with van der Waals surface area (Å²) in [4.78, 5) is 24.0. The Morgan fingerprint density at radius 3 is 2.44 bits per heavy atom. The molecule has 1 N–H and O–H groups in total. The number of aromatic nitrogens is 3. The number of hydrogen-bond acceptors (Lipinski definition) is 4. The highest BCUT2D eigenvalue weighted by atomic mass is 35.5. The molecule has 0 aliphatic heterocycles. The second-order valence-corrected chi connectivity index (χ2v) is 4.16. The van der Waals surface area contributed by atoms with Crippen molar-refractivity contribution in [2.75, 3.05) is 5.32 Å². The summed E-state index contributed by atoms with van der Waals surface area (Å²) in [7, 11) is 0. The first kappa shape index (κ1) is 12.4. The number of nitrogens with zero attached hydrogens (tertiary/aromatic N) is 3. The monoisotopic (exact) mass is 262 g/mol. The Hall–Kier alpha value is -2.01. The van der Waals surface area contributed by atoms with Gasteiger partial charge in [0, 0.05) is 11.4 Å². The maximum absolute atomic E-state index is 11.9. The van der Waals surface area contributed by atoms with Crippen LogP contribution in [0.1, 0.15) is 21.9 Å². The van der Waals surface area contributed by atoms with E-state index in [0.29, 0.717) is 0 Å². The van der Waals surface area contributed by atoms with Crippen molar-refractivity contribution >= 4 is 23.5 Å². The van der Waals surface area contributed by atoms with Gasteiger partial charge in [0.1, 0.15) is 10.8 Å². The van der Waals surface area contributed by atoms with Crippen LogP contribution in [-0.2, 0) is 0 Å². The zero-order valence-corrected chi connectivity index (χ0v) is 10.7. The van der Waals surface area contributed by atoms with Crippen LogP contribution in [0.4, 0.5) is 5.95 Å². The van der Waals surface area contributed by atoms with Gasteiger partial charge in [0.05, 0.1) is 0 Å². The number of nitrogens with one attached hydrogen (secondary N) is 1. The molecule has 0 unspecified atom stereocenters. The van der Waals surface area contributed by atoms with Gasteiger partial charge in [-0.25, -0.2) is 15.0 Å². The molecule has 2 aromatic heterocycles. The third kappa shape index (κ3) is 3.01. The van der Waals surface area contributed by atoms with Gasteiger partial charge in [-0.05, 0) is 32.0 Å². The molecule has 2 aromatic rings. The lowest BCUT2D eigenvalue weighted by Crippen LogP contribution is -2.16. The van der Waals surface area contributed by atoms with Crippen molar-refractivity contribution in [1.82, 2.24) is 15.0 Å². The third-order valence-electron chi connectivity index (χ3n) is 2.16. The molecule has 0 spiro atoms. The van der Waals surface area contributed by atoms with Crippen LogP contribution < -0.4 is 5.32 Å². The molecule has 0 aromatic carbocycles. The van der Waals surface area contributed by atoms with Gasteiger partial charge >= 0.3 is 0 Å². The predicted octanol–water partition coefficient (Wildman–Crippen LogP) is 2.39. The van der Waals surface area contributed by atoms with E-state index in [-0.39, 0.29) is 22.7 Å². The Kier molecular flexibility index (Phi) is 3.53. The van der Waals surface area contributed by atoms with Gasteiger partial charge in [0.25, 0.3) is 5.91 Å². The first-order valence-corrected chi connectivity index (χ1v) is 5.68. The fourth-order valence-electron chi connectivity index (χ4n) is 1.48. The first-order chi connectivity index (χ1) is 8.54. The Balaban J connectivity index is 2.21. The summed E-state index contributed by atoms with van der Waals surface area (Å²) in [6.07, 6.45) is 0. The molecule has 0 aliphatic rings. The average molecular weight is 263 g/mol. The second-order valence-electron chi connectivity index (χ2n) is 3.77. The Morgan fingerprint density at radius 1 is 1.17 bits per heavy atom. The molecule has 6 heteroatoms. The predicted molar refractivity (Wildman–Crippen MR) is 68.7 cm³/mol. The fraction of sp³-hybridized carbons (Fsp3) is 0.167. The molecule has 0 atom stereocenters. The number of amides is 1. The van der Waals surface area contributed by atoms with Crippen LogP contribution in [0.15, 0.2) is 24.3 Å². The van der Waals surface area contributed by atoms with E-state index in [9.17, 15) is 4.79 Å². The topological polar surface area (TPSA) is 67.8 Å². The van der Waals surface area contributed by atoms with Crippen molar-refractivity contribution < 1.29 is 4.79 Å². The van der Waals surface area contributed by atoms with Crippen molar-refractivity contribution in [2.45, 2.75) is 13.8 Å². The average Bonchev–Trinajstić information content (AvgIpc) is 2.27. The number of pyridine rings is 1. The largest absolute Gasteiger partial charge is 0.289 e. The normalized spacial score (nSPS) is 10.2. The smallest absolute Gasteiger partial charge is 0.276 e. The van der Waals surface area contributed by atoms with Crippen LogP contribution in [0, 0.1) is 13.8 Å². The zero-order chi connectivity index (χ0) is 13.1. The summed E-state index contributed by atoms with van der Waals surface area (Å²) in [5.74, 6) is -0.123. The number of aryl methyl sites for hydroxylation is 2. The van der Waals surface area contributed by atoms with Crippen LogP contribution >= 0.6 is 11.6 Å². The van der Waals surface area contributed by atoms with Crippen molar-refractivity contribution in [3.8, 4) is 0 Å². The van der Waals surface area contributed by atoms with Crippen molar-refractivity contribution in [3.05, 3.63) is 46.5 Å². The van der Waals surface area contributed by atoms with Crippen LogP contribution in [0.5, 0.6) is 0 Å².